The highest BCUT2D eigenvalue weighted by atomic mass is 19.1. The van der Waals surface area contributed by atoms with Crippen LogP contribution in [0.1, 0.15) is 18.1 Å². The first-order chi connectivity index (χ1) is 10.1. The number of hydrogen-bond donors (Lipinski definition) is 0. The summed E-state index contributed by atoms with van der Waals surface area (Å²) in [5, 5.41) is 0. The Kier molecular flexibility index (Phi) is 5.09. The minimum absolute atomic E-state index is 0.115. The van der Waals surface area contributed by atoms with Crippen LogP contribution in [0.4, 0.5) is 10.1 Å². The highest BCUT2D eigenvalue weighted by Crippen LogP contribution is 2.14. The lowest BCUT2D eigenvalue weighted by Crippen LogP contribution is -2.26. The number of ketones is 1. The van der Waals surface area contributed by atoms with Gasteiger partial charge in [-0.2, -0.15) is 0 Å². The van der Waals surface area contributed by atoms with E-state index >= 15 is 0 Å². The number of benzene rings is 2. The van der Waals surface area contributed by atoms with Crippen LogP contribution in [0, 0.1) is 5.82 Å². The number of hydrogen-bond acceptors (Lipinski definition) is 2. The van der Waals surface area contributed by atoms with Gasteiger partial charge in [-0.3, -0.25) is 4.79 Å². The second-order valence-corrected chi connectivity index (χ2v) is 5.22. The number of aryl methyl sites for hydroxylation is 1. The summed E-state index contributed by atoms with van der Waals surface area (Å²) in [6, 6.07) is 14.3. The van der Waals surface area contributed by atoms with E-state index in [0.29, 0.717) is 13.0 Å². The molecule has 0 aliphatic carbocycles. The number of anilines is 1. The molecule has 0 amide bonds. The maximum atomic E-state index is 12.8. The smallest absolute Gasteiger partial charge is 0.156 e. The van der Waals surface area contributed by atoms with E-state index in [1.807, 2.05) is 24.1 Å². The molecule has 21 heavy (non-hydrogen) atoms. The van der Waals surface area contributed by atoms with Crippen molar-refractivity contribution in [2.45, 2.75) is 19.8 Å². The second-order valence-electron chi connectivity index (χ2n) is 5.22. The Morgan fingerprint density at radius 2 is 1.57 bits per heavy atom. The predicted molar refractivity (Wildman–Crippen MR) is 84.2 cm³/mol. The number of Topliss-reactive ketones (excluding diaryl/α,β-unsaturated/α-hetero) is 1. The van der Waals surface area contributed by atoms with Crippen molar-refractivity contribution in [1.29, 1.82) is 0 Å². The SMILES string of the molecule is CCc1ccc(N(C)CC(=O)Cc2ccc(F)cc2)cc1. The fourth-order valence-corrected chi connectivity index (χ4v) is 2.23. The molecule has 2 rings (SSSR count). The van der Waals surface area contributed by atoms with Crippen molar-refractivity contribution in [2.75, 3.05) is 18.5 Å². The van der Waals surface area contributed by atoms with Crippen molar-refractivity contribution >= 4 is 11.5 Å². The summed E-state index contributed by atoms with van der Waals surface area (Å²) in [5.41, 5.74) is 3.15. The van der Waals surface area contributed by atoms with Crippen LogP contribution >= 0.6 is 0 Å². The van der Waals surface area contributed by atoms with Gasteiger partial charge < -0.3 is 4.90 Å². The average Bonchev–Trinajstić information content (AvgIpc) is 2.49. The number of halogens is 1. The van der Waals surface area contributed by atoms with E-state index in [1.54, 1.807) is 12.1 Å². The summed E-state index contributed by atoms with van der Waals surface area (Å²) in [6.07, 6.45) is 1.34. The van der Waals surface area contributed by atoms with Crippen molar-refractivity contribution in [3.8, 4) is 0 Å². The number of nitrogens with zero attached hydrogens (tertiary/aromatic N) is 1. The monoisotopic (exact) mass is 285 g/mol. The molecular formula is C18H20FNO. The third kappa shape index (κ3) is 4.42. The van der Waals surface area contributed by atoms with Crippen LogP contribution in [0.5, 0.6) is 0 Å². The quantitative estimate of drug-likeness (QED) is 0.807. The number of likely N-dealkylation sites (N-methyl/N-ethyl adjacent to an activating group) is 1. The fraction of sp³-hybridized carbons (Fsp3) is 0.278. The summed E-state index contributed by atoms with van der Waals surface area (Å²) < 4.78 is 12.8. The van der Waals surface area contributed by atoms with Crippen molar-refractivity contribution in [3.05, 3.63) is 65.5 Å². The van der Waals surface area contributed by atoms with Crippen molar-refractivity contribution in [2.24, 2.45) is 0 Å². The molecule has 0 radical (unpaired) electrons. The molecule has 0 saturated carbocycles. The summed E-state index contributed by atoms with van der Waals surface area (Å²) in [6.45, 7) is 2.47. The minimum atomic E-state index is -0.278. The van der Waals surface area contributed by atoms with Gasteiger partial charge >= 0.3 is 0 Å². The van der Waals surface area contributed by atoms with E-state index in [0.717, 1.165) is 17.7 Å². The van der Waals surface area contributed by atoms with Gasteiger partial charge in [0, 0.05) is 19.2 Å². The normalized spacial score (nSPS) is 10.4. The van der Waals surface area contributed by atoms with Gasteiger partial charge in [0.25, 0.3) is 0 Å². The first-order valence-electron chi connectivity index (χ1n) is 7.14. The lowest BCUT2D eigenvalue weighted by atomic mass is 10.1. The molecule has 0 aromatic heterocycles. The molecule has 0 N–H and O–H groups in total. The average molecular weight is 285 g/mol. The Bertz CT molecular complexity index is 590. The van der Waals surface area contributed by atoms with Gasteiger partial charge in [0.2, 0.25) is 0 Å². The van der Waals surface area contributed by atoms with Crippen molar-refractivity contribution in [1.82, 2.24) is 0 Å². The lowest BCUT2D eigenvalue weighted by Gasteiger charge is -2.18. The van der Waals surface area contributed by atoms with Crippen LogP contribution < -0.4 is 4.90 Å². The lowest BCUT2D eigenvalue weighted by molar-refractivity contribution is -0.117. The van der Waals surface area contributed by atoms with E-state index in [2.05, 4.69) is 19.1 Å². The zero-order chi connectivity index (χ0) is 15.2. The molecule has 0 unspecified atom stereocenters. The van der Waals surface area contributed by atoms with E-state index in [4.69, 9.17) is 0 Å². The van der Waals surface area contributed by atoms with Crippen LogP contribution in [-0.4, -0.2) is 19.4 Å². The second kappa shape index (κ2) is 7.02. The molecule has 2 nitrogen and oxygen atoms in total. The summed E-state index contributed by atoms with van der Waals surface area (Å²) in [5.74, 6) is -0.164. The molecule has 3 heteroatoms. The van der Waals surface area contributed by atoms with Gasteiger partial charge in [0.15, 0.2) is 5.78 Å². The molecule has 2 aromatic rings. The van der Waals surface area contributed by atoms with Gasteiger partial charge in [-0.15, -0.1) is 0 Å². The molecule has 0 atom stereocenters. The van der Waals surface area contributed by atoms with E-state index < -0.39 is 0 Å². The maximum absolute atomic E-state index is 12.8. The molecule has 0 saturated heterocycles. The Labute approximate surface area is 125 Å². The van der Waals surface area contributed by atoms with Crippen LogP contribution in [0.3, 0.4) is 0 Å². The van der Waals surface area contributed by atoms with E-state index in [1.165, 1.54) is 17.7 Å². The zero-order valence-electron chi connectivity index (χ0n) is 12.5. The predicted octanol–water partition coefficient (Wildman–Crippen LogP) is 3.64. The summed E-state index contributed by atoms with van der Waals surface area (Å²) in [4.78, 5) is 14.0. The Hall–Kier alpha value is -2.16. The molecule has 0 bridgehead atoms. The van der Waals surface area contributed by atoms with Crippen LogP contribution in [0.15, 0.2) is 48.5 Å². The molecule has 2 aromatic carbocycles. The topological polar surface area (TPSA) is 20.3 Å². The molecule has 110 valence electrons. The maximum Gasteiger partial charge on any atom is 0.156 e. The van der Waals surface area contributed by atoms with Crippen LogP contribution in [0.2, 0.25) is 0 Å². The first kappa shape index (κ1) is 15.2. The summed E-state index contributed by atoms with van der Waals surface area (Å²) >= 11 is 0. The van der Waals surface area contributed by atoms with Gasteiger partial charge in [0.1, 0.15) is 5.82 Å². The van der Waals surface area contributed by atoms with Gasteiger partial charge in [-0.05, 0) is 41.8 Å². The Morgan fingerprint density at radius 3 is 2.14 bits per heavy atom. The fourth-order valence-electron chi connectivity index (χ4n) is 2.23. The molecule has 0 spiro atoms. The largest absolute Gasteiger partial charge is 0.367 e. The van der Waals surface area contributed by atoms with E-state index in [9.17, 15) is 9.18 Å². The number of rotatable bonds is 6. The van der Waals surface area contributed by atoms with Gasteiger partial charge in [-0.1, -0.05) is 31.2 Å². The number of carbonyl (C=O) groups excluding carboxylic acids is 1. The van der Waals surface area contributed by atoms with Crippen LogP contribution in [0.25, 0.3) is 0 Å². The molecular weight excluding hydrogens is 265 g/mol. The van der Waals surface area contributed by atoms with Crippen molar-refractivity contribution in [3.63, 3.8) is 0 Å². The van der Waals surface area contributed by atoms with Gasteiger partial charge in [-0.25, -0.2) is 4.39 Å². The molecule has 0 heterocycles. The van der Waals surface area contributed by atoms with Crippen molar-refractivity contribution < 1.29 is 9.18 Å². The molecule has 0 aliphatic heterocycles. The number of carbonyl (C=O) groups is 1. The van der Waals surface area contributed by atoms with E-state index in [-0.39, 0.29) is 11.6 Å². The van der Waals surface area contributed by atoms with Gasteiger partial charge in [0.05, 0.1) is 6.54 Å². The Balaban J connectivity index is 1.93. The third-order valence-corrected chi connectivity index (χ3v) is 3.51. The third-order valence-electron chi connectivity index (χ3n) is 3.51. The highest BCUT2D eigenvalue weighted by Gasteiger charge is 2.08. The standard InChI is InChI=1S/C18H20FNO/c1-3-14-6-10-17(11-7-14)20(2)13-18(21)12-15-4-8-16(19)9-5-15/h4-11H,3,12-13H2,1-2H3. The highest BCUT2D eigenvalue weighted by molar-refractivity contribution is 5.85. The zero-order valence-corrected chi connectivity index (χ0v) is 12.5. The minimum Gasteiger partial charge on any atom is -0.367 e. The molecule has 0 fully saturated rings. The Morgan fingerprint density at radius 1 is 1.00 bits per heavy atom. The van der Waals surface area contributed by atoms with Crippen LogP contribution in [-0.2, 0) is 17.6 Å². The first-order valence-corrected chi connectivity index (χ1v) is 7.14. The summed E-state index contributed by atoms with van der Waals surface area (Å²) in [7, 11) is 1.91. The molecule has 0 aliphatic rings.